The first-order valence-corrected chi connectivity index (χ1v) is 6.90. The summed E-state index contributed by atoms with van der Waals surface area (Å²) in [7, 11) is 0. The van der Waals surface area contributed by atoms with Gasteiger partial charge >= 0.3 is 5.97 Å². The molecule has 2 heterocycles. The molecule has 0 aromatic carbocycles. The molecule has 104 valence electrons. The molecule has 19 heavy (non-hydrogen) atoms. The molecule has 1 saturated heterocycles. The van der Waals surface area contributed by atoms with E-state index in [1.165, 1.54) is 6.42 Å². The Bertz CT molecular complexity index is 488. The number of nitrogens with zero attached hydrogens (tertiary/aromatic N) is 3. The maximum absolute atomic E-state index is 11.5. The molecule has 0 amide bonds. The molecule has 1 atom stereocenters. The lowest BCUT2D eigenvalue weighted by Gasteiger charge is -2.36. The summed E-state index contributed by atoms with van der Waals surface area (Å²) in [6, 6.07) is 0.378. The second kappa shape index (κ2) is 5.55. The zero-order valence-electron chi connectivity index (χ0n) is 11.8. The highest BCUT2D eigenvalue weighted by Crippen LogP contribution is 2.29. The summed E-state index contributed by atoms with van der Waals surface area (Å²) in [4.78, 5) is 13.7. The third-order valence-electron chi connectivity index (χ3n) is 4.02. The second-order valence-corrected chi connectivity index (χ2v) is 5.17. The minimum absolute atomic E-state index is 0.313. The zero-order chi connectivity index (χ0) is 14.0. The molecule has 0 aliphatic carbocycles. The third-order valence-corrected chi connectivity index (χ3v) is 4.02. The summed E-state index contributed by atoms with van der Waals surface area (Å²) >= 11 is 0. The van der Waals surface area contributed by atoms with E-state index in [-0.39, 0.29) is 0 Å². The summed E-state index contributed by atoms with van der Waals surface area (Å²) in [5, 5.41) is 17.8. The van der Waals surface area contributed by atoms with Gasteiger partial charge in [-0.25, -0.2) is 4.79 Å². The van der Waals surface area contributed by atoms with Crippen LogP contribution < -0.4 is 4.90 Å². The minimum atomic E-state index is -0.911. The number of aromatic nitrogens is 2. The second-order valence-electron chi connectivity index (χ2n) is 5.17. The van der Waals surface area contributed by atoms with E-state index in [9.17, 15) is 9.90 Å². The van der Waals surface area contributed by atoms with Gasteiger partial charge in [-0.15, -0.1) is 5.10 Å². The van der Waals surface area contributed by atoms with Crippen LogP contribution in [-0.2, 0) is 0 Å². The van der Waals surface area contributed by atoms with Crippen LogP contribution in [0.4, 0.5) is 5.82 Å². The average molecular weight is 263 g/mol. The zero-order valence-corrected chi connectivity index (χ0v) is 11.8. The number of aromatic carboxylic acids is 1. The van der Waals surface area contributed by atoms with Gasteiger partial charge in [0.25, 0.3) is 0 Å². The van der Waals surface area contributed by atoms with Gasteiger partial charge in [0.2, 0.25) is 0 Å². The Morgan fingerprint density at radius 2 is 2.11 bits per heavy atom. The highest BCUT2D eigenvalue weighted by atomic mass is 16.4. The van der Waals surface area contributed by atoms with Crippen LogP contribution in [0.2, 0.25) is 0 Å². The molecule has 1 aliphatic rings. The fourth-order valence-corrected chi connectivity index (χ4v) is 2.76. The van der Waals surface area contributed by atoms with Crippen molar-refractivity contribution in [3.8, 4) is 0 Å². The van der Waals surface area contributed by atoms with Gasteiger partial charge in [0, 0.05) is 12.6 Å². The van der Waals surface area contributed by atoms with Crippen LogP contribution in [0.15, 0.2) is 0 Å². The predicted molar refractivity (Wildman–Crippen MR) is 73.7 cm³/mol. The average Bonchev–Trinajstić information content (AvgIpc) is 2.41. The Balaban J connectivity index is 2.49. The molecule has 1 fully saturated rings. The van der Waals surface area contributed by atoms with Gasteiger partial charge in [-0.3, -0.25) is 0 Å². The van der Waals surface area contributed by atoms with E-state index < -0.39 is 5.97 Å². The van der Waals surface area contributed by atoms with Crippen LogP contribution in [0.1, 0.15) is 54.2 Å². The van der Waals surface area contributed by atoms with Crippen LogP contribution in [0, 0.1) is 13.8 Å². The number of aryl methyl sites for hydroxylation is 1. The molecule has 2 rings (SSSR count). The number of anilines is 1. The molecule has 5 heteroatoms. The summed E-state index contributed by atoms with van der Waals surface area (Å²) in [5.74, 6) is -0.368. The van der Waals surface area contributed by atoms with E-state index in [0.29, 0.717) is 23.1 Å². The van der Waals surface area contributed by atoms with Crippen molar-refractivity contribution >= 4 is 11.8 Å². The van der Waals surface area contributed by atoms with Gasteiger partial charge in [-0.1, -0.05) is 6.92 Å². The van der Waals surface area contributed by atoms with Crippen molar-refractivity contribution in [3.05, 3.63) is 16.8 Å². The molecule has 1 aromatic rings. The number of carboxylic acids is 1. The van der Waals surface area contributed by atoms with Crippen molar-refractivity contribution in [1.82, 2.24) is 10.2 Å². The quantitative estimate of drug-likeness (QED) is 0.907. The largest absolute Gasteiger partial charge is 0.478 e. The fraction of sp³-hybridized carbons (Fsp3) is 0.643. The monoisotopic (exact) mass is 263 g/mol. The van der Waals surface area contributed by atoms with E-state index in [4.69, 9.17) is 0 Å². The van der Waals surface area contributed by atoms with Gasteiger partial charge in [0.05, 0.1) is 5.69 Å². The molecule has 0 bridgehead atoms. The van der Waals surface area contributed by atoms with Crippen LogP contribution in [0.25, 0.3) is 0 Å². The lowest BCUT2D eigenvalue weighted by Crippen LogP contribution is -2.41. The summed E-state index contributed by atoms with van der Waals surface area (Å²) in [5.41, 5.74) is 1.72. The van der Waals surface area contributed by atoms with Crippen molar-refractivity contribution in [2.75, 3.05) is 11.4 Å². The van der Waals surface area contributed by atoms with Crippen molar-refractivity contribution < 1.29 is 9.90 Å². The van der Waals surface area contributed by atoms with E-state index in [1.54, 1.807) is 6.92 Å². The first-order chi connectivity index (χ1) is 9.06. The van der Waals surface area contributed by atoms with Crippen LogP contribution in [0.3, 0.4) is 0 Å². The smallest absolute Gasteiger partial charge is 0.339 e. The van der Waals surface area contributed by atoms with Crippen LogP contribution >= 0.6 is 0 Å². The number of rotatable bonds is 3. The number of hydrogen-bond acceptors (Lipinski definition) is 4. The van der Waals surface area contributed by atoms with Gasteiger partial charge in [-0.05, 0) is 45.1 Å². The molecule has 1 unspecified atom stereocenters. The molecule has 1 aromatic heterocycles. The Morgan fingerprint density at radius 1 is 1.37 bits per heavy atom. The highest BCUT2D eigenvalue weighted by molar-refractivity contribution is 5.95. The van der Waals surface area contributed by atoms with Gasteiger partial charge in [0.15, 0.2) is 5.82 Å². The number of carboxylic acid groups (broad SMARTS) is 1. The fourth-order valence-electron chi connectivity index (χ4n) is 2.76. The molecule has 0 saturated carbocycles. The van der Waals surface area contributed by atoms with Crippen molar-refractivity contribution in [2.24, 2.45) is 0 Å². The first-order valence-electron chi connectivity index (χ1n) is 6.90. The van der Waals surface area contributed by atoms with Gasteiger partial charge in [-0.2, -0.15) is 5.10 Å². The van der Waals surface area contributed by atoms with Crippen molar-refractivity contribution in [1.29, 1.82) is 0 Å². The standard InChI is InChI=1S/C14H21N3O2/c1-4-11-7-5-6-8-17(11)13-12(14(18)19)9(2)10(3)15-16-13/h11H,4-8H2,1-3H3,(H,18,19). The lowest BCUT2D eigenvalue weighted by molar-refractivity contribution is 0.0695. The molecule has 1 N–H and O–H groups in total. The van der Waals surface area contributed by atoms with E-state index in [2.05, 4.69) is 22.0 Å². The van der Waals surface area contributed by atoms with E-state index >= 15 is 0 Å². The van der Waals surface area contributed by atoms with Crippen molar-refractivity contribution in [2.45, 2.75) is 52.5 Å². The normalized spacial score (nSPS) is 19.5. The molecular weight excluding hydrogens is 242 g/mol. The summed E-state index contributed by atoms with van der Waals surface area (Å²) in [6.07, 6.45) is 4.40. The molecule has 5 nitrogen and oxygen atoms in total. The molecule has 1 aliphatic heterocycles. The molecule has 0 spiro atoms. The minimum Gasteiger partial charge on any atom is -0.478 e. The lowest BCUT2D eigenvalue weighted by atomic mass is 9.98. The van der Waals surface area contributed by atoms with Gasteiger partial charge in [0.1, 0.15) is 5.56 Å². The SMILES string of the molecule is CCC1CCCCN1c1nnc(C)c(C)c1C(=O)O. The molecular formula is C14H21N3O2. The number of piperidine rings is 1. The Labute approximate surface area is 113 Å². The van der Waals surface area contributed by atoms with Crippen LogP contribution in [-0.4, -0.2) is 33.9 Å². The van der Waals surface area contributed by atoms with Crippen LogP contribution in [0.5, 0.6) is 0 Å². The Hall–Kier alpha value is -1.65. The van der Waals surface area contributed by atoms with Gasteiger partial charge < -0.3 is 10.0 Å². The Kier molecular flexibility index (Phi) is 4.02. The number of hydrogen-bond donors (Lipinski definition) is 1. The van der Waals surface area contributed by atoms with Crippen molar-refractivity contribution in [3.63, 3.8) is 0 Å². The number of carbonyl (C=O) groups is 1. The van der Waals surface area contributed by atoms with E-state index in [1.807, 2.05) is 6.92 Å². The highest BCUT2D eigenvalue weighted by Gasteiger charge is 2.28. The Morgan fingerprint density at radius 3 is 2.74 bits per heavy atom. The third kappa shape index (κ3) is 2.55. The first kappa shape index (κ1) is 13.8. The van der Waals surface area contributed by atoms with E-state index in [0.717, 1.165) is 31.4 Å². The molecule has 0 radical (unpaired) electrons. The maximum Gasteiger partial charge on any atom is 0.339 e. The predicted octanol–water partition coefficient (Wildman–Crippen LogP) is 2.56. The maximum atomic E-state index is 11.5. The topological polar surface area (TPSA) is 66.3 Å². The summed E-state index contributed by atoms with van der Waals surface area (Å²) in [6.45, 7) is 6.61. The summed E-state index contributed by atoms with van der Waals surface area (Å²) < 4.78 is 0.